The molecule has 2 saturated heterocycles. The highest BCUT2D eigenvalue weighted by molar-refractivity contribution is 7.89. The number of nitrogens with zero attached hydrogens (tertiary/aromatic N) is 5. The van der Waals surface area contributed by atoms with Gasteiger partial charge in [0.15, 0.2) is 0 Å². The van der Waals surface area contributed by atoms with Gasteiger partial charge in [0.2, 0.25) is 10.0 Å². The molecule has 1 N–H and O–H groups in total. The smallest absolute Gasteiger partial charge is 0.293 e. The number of hydrogen-bond donors (Lipinski definition) is 1. The van der Waals surface area contributed by atoms with Crippen molar-refractivity contribution in [3.8, 4) is 0 Å². The van der Waals surface area contributed by atoms with Gasteiger partial charge in [0.25, 0.3) is 5.69 Å². The van der Waals surface area contributed by atoms with E-state index < -0.39 is 14.9 Å². The summed E-state index contributed by atoms with van der Waals surface area (Å²) in [5.41, 5.74) is 0.974. The molecular weight excluding hydrogens is 444 g/mol. The number of hydrogen-bond acceptors (Lipinski definition) is 8. The number of nitrogens with one attached hydrogen (secondary N) is 1. The molecular formula is C22H30N6O4S. The molecule has 0 amide bonds. The Morgan fingerprint density at radius 1 is 1.06 bits per heavy atom. The van der Waals surface area contributed by atoms with Gasteiger partial charge < -0.3 is 15.1 Å². The van der Waals surface area contributed by atoms with Crippen molar-refractivity contribution < 1.29 is 13.3 Å². The summed E-state index contributed by atoms with van der Waals surface area (Å²) in [6.07, 6.45) is 5.22. The minimum atomic E-state index is -3.79. The fourth-order valence-electron chi connectivity index (χ4n) is 4.30. The molecule has 0 atom stereocenters. The predicted molar refractivity (Wildman–Crippen MR) is 127 cm³/mol. The molecule has 2 aromatic rings. The zero-order valence-corrected chi connectivity index (χ0v) is 19.6. The lowest BCUT2D eigenvalue weighted by Gasteiger charge is -2.31. The summed E-state index contributed by atoms with van der Waals surface area (Å²) in [5, 5.41) is 14.9. The van der Waals surface area contributed by atoms with E-state index in [2.05, 4.69) is 20.1 Å². The predicted octanol–water partition coefficient (Wildman–Crippen LogP) is 2.53. The van der Waals surface area contributed by atoms with E-state index in [0.717, 1.165) is 43.4 Å². The molecule has 2 fully saturated rings. The number of piperidine rings is 1. The maximum absolute atomic E-state index is 13.0. The zero-order chi connectivity index (χ0) is 23.4. The van der Waals surface area contributed by atoms with Crippen molar-refractivity contribution in [1.82, 2.24) is 14.2 Å². The van der Waals surface area contributed by atoms with Crippen molar-refractivity contribution in [2.75, 3.05) is 56.5 Å². The fourth-order valence-corrected chi connectivity index (χ4v) is 5.74. The third kappa shape index (κ3) is 5.26. The second kappa shape index (κ2) is 10.0. The number of benzene rings is 1. The van der Waals surface area contributed by atoms with E-state index in [1.165, 1.54) is 22.9 Å². The third-order valence-electron chi connectivity index (χ3n) is 6.26. The Morgan fingerprint density at radius 3 is 2.48 bits per heavy atom. The second-order valence-electron chi connectivity index (χ2n) is 8.53. The van der Waals surface area contributed by atoms with Gasteiger partial charge in [-0.1, -0.05) is 6.07 Å². The number of rotatable bonds is 7. The van der Waals surface area contributed by atoms with Crippen molar-refractivity contribution in [3.05, 3.63) is 52.2 Å². The second-order valence-corrected chi connectivity index (χ2v) is 10.5. The normalized spacial score (nSPS) is 18.3. The van der Waals surface area contributed by atoms with Crippen LogP contribution in [0.3, 0.4) is 0 Å². The molecule has 11 heteroatoms. The highest BCUT2D eigenvalue weighted by Gasteiger charge is 2.29. The van der Waals surface area contributed by atoms with Crippen LogP contribution >= 0.6 is 0 Å². The van der Waals surface area contributed by atoms with Gasteiger partial charge in [-0.05, 0) is 44.5 Å². The lowest BCUT2D eigenvalue weighted by atomic mass is 10.1. The maximum Gasteiger partial charge on any atom is 0.293 e. The summed E-state index contributed by atoms with van der Waals surface area (Å²) in [5.74, 6) is 0.890. The van der Waals surface area contributed by atoms with E-state index in [4.69, 9.17) is 0 Å². The van der Waals surface area contributed by atoms with Crippen LogP contribution in [0.15, 0.2) is 41.4 Å². The number of anilines is 2. The van der Waals surface area contributed by atoms with E-state index in [-0.39, 0.29) is 16.3 Å². The average molecular weight is 475 g/mol. The highest BCUT2D eigenvalue weighted by atomic mass is 32.2. The molecule has 3 heterocycles. The molecule has 0 radical (unpaired) electrons. The molecule has 10 nitrogen and oxygen atoms in total. The van der Waals surface area contributed by atoms with Gasteiger partial charge in [-0.3, -0.25) is 10.1 Å². The highest BCUT2D eigenvalue weighted by Crippen LogP contribution is 2.30. The van der Waals surface area contributed by atoms with E-state index in [9.17, 15) is 18.5 Å². The Kier molecular flexibility index (Phi) is 7.11. The first kappa shape index (κ1) is 23.4. The van der Waals surface area contributed by atoms with Gasteiger partial charge in [-0.15, -0.1) is 0 Å². The molecule has 0 bridgehead atoms. The van der Waals surface area contributed by atoms with Gasteiger partial charge in [-0.2, -0.15) is 4.31 Å². The largest absolute Gasteiger partial charge is 0.375 e. The number of pyridine rings is 1. The van der Waals surface area contributed by atoms with Crippen LogP contribution in [0.1, 0.15) is 24.8 Å². The number of nitro groups is 1. The van der Waals surface area contributed by atoms with Crippen LogP contribution in [0.5, 0.6) is 0 Å². The lowest BCUT2D eigenvalue weighted by molar-refractivity contribution is -0.384. The van der Waals surface area contributed by atoms with Crippen LogP contribution in [0, 0.1) is 10.1 Å². The van der Waals surface area contributed by atoms with Crippen molar-refractivity contribution in [2.24, 2.45) is 0 Å². The Balaban J connectivity index is 1.54. The van der Waals surface area contributed by atoms with Crippen LogP contribution in [0.25, 0.3) is 0 Å². The molecule has 0 aliphatic carbocycles. The van der Waals surface area contributed by atoms with Crippen molar-refractivity contribution in [2.45, 2.75) is 30.7 Å². The van der Waals surface area contributed by atoms with Gasteiger partial charge in [0.1, 0.15) is 11.5 Å². The molecule has 0 spiro atoms. The van der Waals surface area contributed by atoms with Crippen LogP contribution in [-0.4, -0.2) is 73.8 Å². The molecule has 1 aromatic carbocycles. The van der Waals surface area contributed by atoms with E-state index >= 15 is 0 Å². The van der Waals surface area contributed by atoms with Gasteiger partial charge in [0.05, 0.1) is 9.82 Å². The fraction of sp³-hybridized carbons (Fsp3) is 0.500. The van der Waals surface area contributed by atoms with E-state index in [0.29, 0.717) is 32.7 Å². The standard InChI is InChI=1S/C22H30N6O4S/c1-25-12-14-27(15-13-25)33(31,32)19-7-8-20(21(16-19)28(29)30)24-17-18-6-5-9-23-22(18)26-10-3-2-4-11-26/h5-9,16,24H,2-4,10-15,17H2,1H3. The first-order chi connectivity index (χ1) is 15.9. The Bertz CT molecular complexity index is 1100. The summed E-state index contributed by atoms with van der Waals surface area (Å²) >= 11 is 0. The molecule has 4 rings (SSSR count). The zero-order valence-electron chi connectivity index (χ0n) is 18.8. The van der Waals surface area contributed by atoms with Crippen LogP contribution in [0.2, 0.25) is 0 Å². The van der Waals surface area contributed by atoms with Crippen LogP contribution < -0.4 is 10.2 Å². The van der Waals surface area contributed by atoms with E-state index in [1.54, 1.807) is 6.20 Å². The number of sulfonamides is 1. The minimum Gasteiger partial charge on any atom is -0.375 e. The summed E-state index contributed by atoms with van der Waals surface area (Å²) in [6, 6.07) is 7.90. The third-order valence-corrected chi connectivity index (χ3v) is 8.15. The first-order valence-corrected chi connectivity index (χ1v) is 12.7. The molecule has 2 aliphatic rings. The van der Waals surface area contributed by atoms with Crippen molar-refractivity contribution in [1.29, 1.82) is 0 Å². The molecule has 33 heavy (non-hydrogen) atoms. The molecule has 0 saturated carbocycles. The summed E-state index contributed by atoms with van der Waals surface area (Å²) in [7, 11) is -1.85. The molecule has 1 aromatic heterocycles. The van der Waals surface area contributed by atoms with Crippen molar-refractivity contribution in [3.63, 3.8) is 0 Å². The summed E-state index contributed by atoms with van der Waals surface area (Å²) in [4.78, 5) is 20.0. The summed E-state index contributed by atoms with van der Waals surface area (Å²) in [6.45, 7) is 4.24. The quantitative estimate of drug-likeness (QED) is 0.481. The number of likely N-dealkylation sites (N-methyl/N-ethyl adjacent to an activating group) is 1. The maximum atomic E-state index is 13.0. The number of aromatic nitrogens is 1. The molecule has 178 valence electrons. The van der Waals surface area contributed by atoms with Gasteiger partial charge >= 0.3 is 0 Å². The van der Waals surface area contributed by atoms with Crippen LogP contribution in [0.4, 0.5) is 17.2 Å². The lowest BCUT2D eigenvalue weighted by Crippen LogP contribution is -2.47. The van der Waals surface area contributed by atoms with Crippen molar-refractivity contribution >= 4 is 27.2 Å². The molecule has 2 aliphatic heterocycles. The number of piperazine rings is 1. The first-order valence-electron chi connectivity index (χ1n) is 11.3. The van der Waals surface area contributed by atoms with Gasteiger partial charge in [0, 0.05) is 63.6 Å². The average Bonchev–Trinajstić information content (AvgIpc) is 2.83. The Labute approximate surface area is 194 Å². The van der Waals surface area contributed by atoms with Gasteiger partial charge in [-0.25, -0.2) is 13.4 Å². The Morgan fingerprint density at radius 2 is 1.79 bits per heavy atom. The van der Waals surface area contributed by atoms with E-state index in [1.807, 2.05) is 19.2 Å². The minimum absolute atomic E-state index is 0.0558. The molecule has 0 unspecified atom stereocenters. The Hall–Kier alpha value is -2.76. The number of nitro benzene ring substituents is 1. The SMILES string of the molecule is CN1CCN(S(=O)(=O)c2ccc(NCc3cccnc3N3CCCCC3)c([N+](=O)[O-])c2)CC1. The monoisotopic (exact) mass is 474 g/mol. The van der Waals surface area contributed by atoms with Crippen LogP contribution in [-0.2, 0) is 16.6 Å². The topological polar surface area (TPSA) is 112 Å². The summed E-state index contributed by atoms with van der Waals surface area (Å²) < 4.78 is 27.4.